The molecule has 0 radical (unpaired) electrons. The van der Waals surface area contributed by atoms with Gasteiger partial charge in [-0.05, 0) is 30.5 Å². The molecular weight excluding hydrogens is 193 g/mol. The van der Waals surface area contributed by atoms with Gasteiger partial charge in [-0.15, -0.1) is 0 Å². The molecule has 2 nitrogen and oxygen atoms in total. The van der Waals surface area contributed by atoms with Gasteiger partial charge in [-0.3, -0.25) is 0 Å². The Labute approximate surface area is 89.2 Å². The molecular formula is C12H16FNO. The van der Waals surface area contributed by atoms with Crippen LogP contribution in [0.2, 0.25) is 0 Å². The largest absolute Gasteiger partial charge is 0.381 e. The molecule has 1 unspecified atom stereocenters. The Morgan fingerprint density at radius 1 is 1.40 bits per heavy atom. The highest BCUT2D eigenvalue weighted by molar-refractivity contribution is 5.22. The summed E-state index contributed by atoms with van der Waals surface area (Å²) >= 11 is 0. The maximum atomic E-state index is 13.5. The summed E-state index contributed by atoms with van der Waals surface area (Å²) in [6.07, 6.45) is 0.928. The average molecular weight is 209 g/mol. The van der Waals surface area contributed by atoms with E-state index in [0.29, 0.717) is 12.5 Å². The summed E-state index contributed by atoms with van der Waals surface area (Å²) in [4.78, 5) is 0. The van der Waals surface area contributed by atoms with Crippen molar-refractivity contribution in [3.63, 3.8) is 0 Å². The molecule has 1 aromatic carbocycles. The fraction of sp³-hybridized carbons (Fsp3) is 0.500. The topological polar surface area (TPSA) is 35.2 Å². The lowest BCUT2D eigenvalue weighted by atomic mass is 9.87. The lowest BCUT2D eigenvalue weighted by Gasteiger charge is -2.29. The molecule has 0 saturated carbocycles. The molecule has 82 valence electrons. The van der Waals surface area contributed by atoms with Gasteiger partial charge in [0.2, 0.25) is 0 Å². The van der Waals surface area contributed by atoms with E-state index in [2.05, 4.69) is 0 Å². The molecule has 0 amide bonds. The van der Waals surface area contributed by atoms with Crippen LogP contribution in [-0.2, 0) is 4.74 Å². The first-order valence-electron chi connectivity index (χ1n) is 5.33. The van der Waals surface area contributed by atoms with E-state index in [1.54, 1.807) is 6.07 Å². The number of benzene rings is 1. The van der Waals surface area contributed by atoms with Gasteiger partial charge in [-0.25, -0.2) is 4.39 Å². The van der Waals surface area contributed by atoms with E-state index in [4.69, 9.17) is 10.5 Å². The molecule has 0 aromatic heterocycles. The molecule has 15 heavy (non-hydrogen) atoms. The van der Waals surface area contributed by atoms with E-state index in [1.807, 2.05) is 12.1 Å². The predicted octanol–water partition coefficient (Wildman–Crippen LogP) is 1.90. The predicted molar refractivity (Wildman–Crippen MR) is 57.1 cm³/mol. The van der Waals surface area contributed by atoms with Crippen LogP contribution in [0.4, 0.5) is 4.39 Å². The van der Waals surface area contributed by atoms with E-state index in [0.717, 1.165) is 25.2 Å². The van der Waals surface area contributed by atoms with E-state index < -0.39 is 0 Å². The highest BCUT2D eigenvalue weighted by atomic mass is 19.1. The first kappa shape index (κ1) is 10.6. The zero-order valence-corrected chi connectivity index (χ0v) is 8.66. The van der Waals surface area contributed by atoms with Crippen molar-refractivity contribution in [3.05, 3.63) is 35.6 Å². The molecule has 1 aliphatic heterocycles. The van der Waals surface area contributed by atoms with Crippen LogP contribution in [0.3, 0.4) is 0 Å². The van der Waals surface area contributed by atoms with E-state index in [1.165, 1.54) is 6.07 Å². The SMILES string of the molecule is NCC(CC1COC1)c1ccccc1F. The minimum atomic E-state index is -0.145. The Morgan fingerprint density at radius 3 is 2.67 bits per heavy atom. The molecule has 0 aliphatic carbocycles. The van der Waals surface area contributed by atoms with Crippen molar-refractivity contribution in [2.75, 3.05) is 19.8 Å². The van der Waals surface area contributed by atoms with E-state index in [9.17, 15) is 4.39 Å². The minimum Gasteiger partial charge on any atom is -0.381 e. The number of rotatable bonds is 4. The molecule has 1 atom stereocenters. The monoisotopic (exact) mass is 209 g/mol. The van der Waals surface area contributed by atoms with Crippen molar-refractivity contribution < 1.29 is 9.13 Å². The van der Waals surface area contributed by atoms with Gasteiger partial charge in [0.1, 0.15) is 5.82 Å². The Balaban J connectivity index is 2.07. The number of nitrogens with two attached hydrogens (primary N) is 1. The van der Waals surface area contributed by atoms with Gasteiger partial charge in [0, 0.05) is 5.92 Å². The van der Waals surface area contributed by atoms with Crippen LogP contribution in [0.15, 0.2) is 24.3 Å². The fourth-order valence-corrected chi connectivity index (χ4v) is 1.98. The first-order chi connectivity index (χ1) is 7.31. The highest BCUT2D eigenvalue weighted by Crippen LogP contribution is 2.28. The van der Waals surface area contributed by atoms with Crippen molar-refractivity contribution in [2.45, 2.75) is 12.3 Å². The summed E-state index contributed by atoms with van der Waals surface area (Å²) in [6.45, 7) is 2.09. The second-order valence-corrected chi connectivity index (χ2v) is 4.09. The lowest BCUT2D eigenvalue weighted by Crippen LogP contribution is -2.31. The van der Waals surface area contributed by atoms with Gasteiger partial charge < -0.3 is 10.5 Å². The Hall–Kier alpha value is -0.930. The summed E-state index contributed by atoms with van der Waals surface area (Å²) in [5.74, 6) is 0.534. The van der Waals surface area contributed by atoms with Crippen LogP contribution in [0.1, 0.15) is 17.9 Å². The lowest BCUT2D eigenvalue weighted by molar-refractivity contribution is -0.0383. The van der Waals surface area contributed by atoms with Gasteiger partial charge in [-0.1, -0.05) is 18.2 Å². The Morgan fingerprint density at radius 2 is 2.13 bits per heavy atom. The van der Waals surface area contributed by atoms with Crippen LogP contribution in [0, 0.1) is 11.7 Å². The number of hydrogen-bond acceptors (Lipinski definition) is 2. The van der Waals surface area contributed by atoms with Crippen molar-refractivity contribution in [1.82, 2.24) is 0 Å². The Kier molecular flexibility index (Phi) is 3.34. The Bertz CT molecular complexity index is 325. The number of halogens is 1. The minimum absolute atomic E-state index is 0.125. The first-order valence-corrected chi connectivity index (χ1v) is 5.33. The summed E-state index contributed by atoms with van der Waals surface area (Å²) in [5, 5.41) is 0. The van der Waals surface area contributed by atoms with Gasteiger partial charge >= 0.3 is 0 Å². The molecule has 2 N–H and O–H groups in total. The number of ether oxygens (including phenoxy) is 1. The summed E-state index contributed by atoms with van der Waals surface area (Å²) in [6, 6.07) is 6.89. The van der Waals surface area contributed by atoms with E-state index >= 15 is 0 Å². The number of hydrogen-bond donors (Lipinski definition) is 1. The van der Waals surface area contributed by atoms with Crippen molar-refractivity contribution in [3.8, 4) is 0 Å². The van der Waals surface area contributed by atoms with Crippen molar-refractivity contribution in [1.29, 1.82) is 0 Å². The molecule has 1 fully saturated rings. The quantitative estimate of drug-likeness (QED) is 0.822. The molecule has 1 aliphatic rings. The second kappa shape index (κ2) is 4.73. The third-order valence-electron chi connectivity index (χ3n) is 2.95. The van der Waals surface area contributed by atoms with Gasteiger partial charge in [0.05, 0.1) is 13.2 Å². The summed E-state index contributed by atoms with van der Waals surface area (Å²) in [7, 11) is 0. The van der Waals surface area contributed by atoms with E-state index in [-0.39, 0.29) is 11.7 Å². The maximum absolute atomic E-state index is 13.5. The van der Waals surface area contributed by atoms with Crippen LogP contribution < -0.4 is 5.73 Å². The highest BCUT2D eigenvalue weighted by Gasteiger charge is 2.24. The molecule has 1 saturated heterocycles. The summed E-state index contributed by atoms with van der Waals surface area (Å²) < 4.78 is 18.6. The van der Waals surface area contributed by atoms with Crippen LogP contribution in [0.25, 0.3) is 0 Å². The van der Waals surface area contributed by atoms with Gasteiger partial charge in [-0.2, -0.15) is 0 Å². The van der Waals surface area contributed by atoms with Crippen molar-refractivity contribution >= 4 is 0 Å². The molecule has 1 aromatic rings. The molecule has 0 bridgehead atoms. The normalized spacial score (nSPS) is 18.5. The third kappa shape index (κ3) is 2.36. The molecule has 3 heteroatoms. The smallest absolute Gasteiger partial charge is 0.126 e. The molecule has 0 spiro atoms. The van der Waals surface area contributed by atoms with Crippen LogP contribution >= 0.6 is 0 Å². The second-order valence-electron chi connectivity index (χ2n) is 4.09. The van der Waals surface area contributed by atoms with Gasteiger partial charge in [0.25, 0.3) is 0 Å². The third-order valence-corrected chi connectivity index (χ3v) is 2.95. The molecule has 2 rings (SSSR count). The van der Waals surface area contributed by atoms with Crippen molar-refractivity contribution in [2.24, 2.45) is 11.7 Å². The average Bonchev–Trinajstić information content (AvgIpc) is 2.19. The maximum Gasteiger partial charge on any atom is 0.126 e. The van der Waals surface area contributed by atoms with Crippen LogP contribution in [0.5, 0.6) is 0 Å². The molecule has 1 heterocycles. The zero-order chi connectivity index (χ0) is 10.7. The zero-order valence-electron chi connectivity index (χ0n) is 8.66. The summed E-state index contributed by atoms with van der Waals surface area (Å²) in [5.41, 5.74) is 6.44. The standard InChI is InChI=1S/C12H16FNO/c13-12-4-2-1-3-11(12)10(6-14)5-9-7-15-8-9/h1-4,9-10H,5-8,14H2. The fourth-order valence-electron chi connectivity index (χ4n) is 1.98. The van der Waals surface area contributed by atoms with Gasteiger partial charge in [0.15, 0.2) is 0 Å². The van der Waals surface area contributed by atoms with Crippen LogP contribution in [-0.4, -0.2) is 19.8 Å².